The topological polar surface area (TPSA) is 507 Å². The fourth-order valence-electron chi connectivity index (χ4n) is 9.26. The maximum absolute atomic E-state index is 14.8. The molecule has 2 rings (SSSR count). The molecule has 14 atom stereocenters. The van der Waals surface area contributed by atoms with Gasteiger partial charge < -0.3 is 89.3 Å². The van der Waals surface area contributed by atoms with Gasteiger partial charge in [-0.2, -0.15) is 0 Å². The predicted molar refractivity (Wildman–Crippen MR) is 314 cm³/mol. The number of fused-ring (bicyclic) bond motifs is 1. The predicted octanol–water partition coefficient (Wildman–Crippen LogP) is -3.60. The van der Waals surface area contributed by atoms with Gasteiger partial charge in [0.2, 0.25) is 65.0 Å². The van der Waals surface area contributed by atoms with E-state index < -0.39 is 198 Å². The maximum Gasteiger partial charge on any atom is 0.335 e. The van der Waals surface area contributed by atoms with Gasteiger partial charge in [0.15, 0.2) is 6.10 Å². The van der Waals surface area contributed by atoms with Gasteiger partial charge in [-0.3, -0.25) is 62.3 Å². The van der Waals surface area contributed by atoms with E-state index in [4.69, 9.17) is 5.73 Å². The monoisotopic (exact) mass is 1260 g/mol. The molecule has 32 nitrogen and oxygen atoms in total. The van der Waals surface area contributed by atoms with Crippen LogP contribution in [0.25, 0.3) is 0 Å². The summed E-state index contributed by atoms with van der Waals surface area (Å²) < 4.78 is 0. The Balaban J connectivity index is 2.96. The summed E-state index contributed by atoms with van der Waals surface area (Å²) in [6.07, 6.45) is 4.07. The Bertz CT molecular complexity index is 2700. The highest BCUT2D eigenvalue weighted by atomic mass is 16.4. The molecule has 89 heavy (non-hydrogen) atoms. The molecule has 2 aliphatic rings. The molecule has 2 fully saturated rings. The summed E-state index contributed by atoms with van der Waals surface area (Å²) in [7, 11) is 0. The van der Waals surface area contributed by atoms with Gasteiger partial charge in [0.1, 0.15) is 54.4 Å². The van der Waals surface area contributed by atoms with Crippen LogP contribution >= 0.6 is 0 Å². The number of carbonyl (C=O) groups excluding carboxylic acids is 11. The third-order valence-corrected chi connectivity index (χ3v) is 14.9. The molecule has 0 saturated carbocycles. The molecule has 0 spiro atoms. The van der Waals surface area contributed by atoms with Crippen LogP contribution in [0.2, 0.25) is 0 Å². The number of hydrogen-bond acceptors (Lipinski definition) is 17. The van der Waals surface area contributed by atoms with E-state index >= 15 is 0 Å². The van der Waals surface area contributed by atoms with E-state index in [1.165, 1.54) is 40.7 Å². The van der Waals surface area contributed by atoms with Crippen molar-refractivity contribution in [2.24, 2.45) is 35.3 Å². The summed E-state index contributed by atoms with van der Waals surface area (Å²) >= 11 is 0. The first kappa shape index (κ1) is 76.3. The average molecular weight is 1260 g/mol. The van der Waals surface area contributed by atoms with E-state index in [2.05, 4.69) is 45.4 Å². The largest absolute Gasteiger partial charge is 0.481 e. The van der Waals surface area contributed by atoms with Gasteiger partial charge in [-0.1, -0.05) is 79.7 Å². The third kappa shape index (κ3) is 24.0. The molecular formula is C57H88N12O20. The minimum absolute atomic E-state index is 0.0417. The SMILES string of the molecule is C=C(C(=O)O)[C@H]1NC(=O)CNC(=O)[C@H](CC(=O)O)NC(=O)[C@H](C(O)C(=O)O)NC(=O)[C@H](CCCCN)NC(=O)[C@@H](C(C)C)NC(=O)[C@@H](NC(=O)[C@@H](NC(=O)/C=C/C=C\CCC(C)CC)C(C)C(=O)O)C(C)NC(=O)[C@@H]2C[C@@H](C)CN2C(=O)[C@H](C(C)C)NC1=O. The number of rotatable bonds is 23. The number of carboxylic acid groups (broad SMARTS) is 4. The average Bonchev–Trinajstić information content (AvgIpc) is 1.97. The Hall–Kier alpha value is -8.81. The van der Waals surface area contributed by atoms with Crippen molar-refractivity contribution in [3.8, 4) is 0 Å². The molecule has 32 heteroatoms. The number of aliphatic hydroxyl groups is 1. The Morgan fingerprint density at radius 2 is 1.30 bits per heavy atom. The number of carboxylic acids is 4. The van der Waals surface area contributed by atoms with Crippen molar-refractivity contribution in [2.45, 2.75) is 180 Å². The zero-order valence-corrected chi connectivity index (χ0v) is 51.4. The first-order valence-electron chi connectivity index (χ1n) is 29.2. The van der Waals surface area contributed by atoms with Crippen LogP contribution in [0.3, 0.4) is 0 Å². The van der Waals surface area contributed by atoms with Crippen molar-refractivity contribution in [1.29, 1.82) is 0 Å². The highest BCUT2D eigenvalue weighted by Gasteiger charge is 2.45. The molecule has 17 N–H and O–H groups in total. The number of nitrogens with two attached hydrogens (primary N) is 1. The number of aliphatic carboxylic acids is 4. The Morgan fingerprint density at radius 3 is 1.87 bits per heavy atom. The highest BCUT2D eigenvalue weighted by Crippen LogP contribution is 2.26. The number of amides is 11. The summed E-state index contributed by atoms with van der Waals surface area (Å²) in [5.74, 6) is -24.4. The quantitative estimate of drug-likeness (QED) is 0.0267. The van der Waals surface area contributed by atoms with Crippen LogP contribution in [-0.2, 0) is 71.9 Å². The van der Waals surface area contributed by atoms with Crippen LogP contribution in [0.15, 0.2) is 36.5 Å². The van der Waals surface area contributed by atoms with E-state index in [1.54, 1.807) is 19.1 Å². The van der Waals surface area contributed by atoms with Gasteiger partial charge >= 0.3 is 23.9 Å². The molecule has 2 saturated heterocycles. The molecule has 0 bridgehead atoms. The number of allylic oxidation sites excluding steroid dienone is 3. The summed E-state index contributed by atoms with van der Waals surface area (Å²) in [4.78, 5) is 205. The Kier molecular flexibility index (Phi) is 31.3. The fourth-order valence-corrected chi connectivity index (χ4v) is 9.26. The fraction of sp³-hybridized carbons (Fsp3) is 0.632. The molecule has 11 amide bonds. The van der Waals surface area contributed by atoms with Gasteiger partial charge in [0.25, 0.3) is 0 Å². The smallest absolute Gasteiger partial charge is 0.335 e. The number of nitrogens with zero attached hydrogens (tertiary/aromatic N) is 1. The minimum atomic E-state index is -2.85. The Morgan fingerprint density at radius 1 is 0.708 bits per heavy atom. The van der Waals surface area contributed by atoms with E-state index in [9.17, 15) is 97.5 Å². The van der Waals surface area contributed by atoms with Crippen LogP contribution < -0.4 is 58.9 Å². The van der Waals surface area contributed by atoms with Gasteiger partial charge in [0, 0.05) is 12.6 Å². The lowest BCUT2D eigenvalue weighted by atomic mass is 9.98. The zero-order chi connectivity index (χ0) is 67.7. The van der Waals surface area contributed by atoms with Crippen molar-refractivity contribution < 1.29 is 97.5 Å². The first-order chi connectivity index (χ1) is 41.6. The van der Waals surface area contributed by atoms with Crippen LogP contribution in [-0.4, -0.2) is 205 Å². The van der Waals surface area contributed by atoms with Crippen LogP contribution in [0.4, 0.5) is 0 Å². The number of hydrogen-bond donors (Lipinski definition) is 16. The number of unbranched alkanes of at least 4 members (excludes halogenated alkanes) is 1. The summed E-state index contributed by atoms with van der Waals surface area (Å²) in [6.45, 7) is 16.1. The second-order valence-electron chi connectivity index (χ2n) is 22.9. The summed E-state index contributed by atoms with van der Waals surface area (Å²) in [5.41, 5.74) is 4.72. The number of aliphatic hydroxyl groups excluding tert-OH is 1. The molecule has 496 valence electrons. The van der Waals surface area contributed by atoms with E-state index in [0.717, 1.165) is 30.7 Å². The first-order valence-corrected chi connectivity index (χ1v) is 29.2. The molecular weight excluding hydrogens is 1170 g/mol. The van der Waals surface area contributed by atoms with Gasteiger partial charge in [-0.25, -0.2) is 9.59 Å². The molecule has 0 aromatic rings. The third-order valence-electron chi connectivity index (χ3n) is 14.9. The lowest BCUT2D eigenvalue weighted by Crippen LogP contribution is -2.65. The maximum atomic E-state index is 14.8. The second kappa shape index (κ2) is 36.5. The van der Waals surface area contributed by atoms with Crippen molar-refractivity contribution in [1.82, 2.24) is 58.1 Å². The van der Waals surface area contributed by atoms with E-state index in [0.29, 0.717) is 12.3 Å². The van der Waals surface area contributed by atoms with Crippen molar-refractivity contribution in [3.63, 3.8) is 0 Å². The van der Waals surface area contributed by atoms with Crippen molar-refractivity contribution >= 4 is 88.9 Å². The highest BCUT2D eigenvalue weighted by molar-refractivity contribution is 6.04. The molecule has 0 aromatic heterocycles. The molecule has 0 aromatic carbocycles. The van der Waals surface area contributed by atoms with Crippen LogP contribution in [0.1, 0.15) is 114 Å². The molecule has 0 radical (unpaired) electrons. The van der Waals surface area contributed by atoms with E-state index in [1.807, 2.05) is 28.2 Å². The van der Waals surface area contributed by atoms with Crippen molar-refractivity contribution in [3.05, 3.63) is 36.5 Å². The lowest BCUT2D eigenvalue weighted by Gasteiger charge is -2.34. The van der Waals surface area contributed by atoms with E-state index in [-0.39, 0.29) is 38.8 Å². The molecule has 0 aliphatic carbocycles. The standard InChI is InChI=1S/C57H88N12O20/c1-11-28(6)18-14-12-13-15-20-36(70)63-41(30(8)55(84)85)51(80)67-43-32(10)60-48(77)35-22-29(7)25-69(35)54(83)40(27(4)5)66-50(79)42(31(9)56(86)87)64-37(71)24-59-46(75)34(23-38(72)73)62-53(82)44(45(74)57(88)89)68-47(76)33(19-16-17-21-58)61-49(78)39(26(2)3)65-52(43)81/h12-13,15,20,26-30,32-35,39-45,74H,9,11,14,16-19,21-25,58H2,1-8,10H3,(H,59,75)(H,60,77)(H,61,78)(H,62,82)(H,63,70)(H,64,71)(H,65,81)(H,66,79)(H,67,80)(H,68,76)(H,72,73)(H,84,85)(H,86,87)(H,88,89)/b13-12-,20-15+/t28?,29-,30?,32?,33+,34+,35+,39-,40+,41+,42-,43+,44+,45?/m1/s1. The second-order valence-corrected chi connectivity index (χ2v) is 22.9. The lowest BCUT2D eigenvalue weighted by molar-refractivity contribution is -0.153. The van der Waals surface area contributed by atoms with Crippen LogP contribution in [0.5, 0.6) is 0 Å². The van der Waals surface area contributed by atoms with Gasteiger partial charge in [-0.15, -0.1) is 0 Å². The minimum Gasteiger partial charge on any atom is -0.481 e. The molecule has 2 aliphatic heterocycles. The summed E-state index contributed by atoms with van der Waals surface area (Å²) in [5, 5.41) is 72.8. The van der Waals surface area contributed by atoms with Crippen molar-refractivity contribution in [2.75, 3.05) is 19.6 Å². The Labute approximate surface area is 514 Å². The molecule has 4 unspecified atom stereocenters. The summed E-state index contributed by atoms with van der Waals surface area (Å²) in [6, 6.07) is -18.9. The molecule has 2 heterocycles. The van der Waals surface area contributed by atoms with Crippen LogP contribution in [0, 0.1) is 29.6 Å². The number of nitrogens with one attached hydrogen (secondary N) is 10. The van der Waals surface area contributed by atoms with Gasteiger partial charge in [0.05, 0.1) is 30.5 Å². The van der Waals surface area contributed by atoms with Gasteiger partial charge in [-0.05, 0) is 82.6 Å². The normalized spacial score (nSPS) is 25.7. The zero-order valence-electron chi connectivity index (χ0n) is 51.4. The number of carbonyl (C=O) groups is 15.